The molecule has 0 radical (unpaired) electrons. The van der Waals surface area contributed by atoms with Gasteiger partial charge in [0.15, 0.2) is 0 Å². The number of halogens is 1. The number of amides is 2. The summed E-state index contributed by atoms with van der Waals surface area (Å²) in [5, 5.41) is 3.23. The van der Waals surface area contributed by atoms with Gasteiger partial charge >= 0.3 is 0 Å². The van der Waals surface area contributed by atoms with Gasteiger partial charge in [-0.05, 0) is 56.5 Å². The fourth-order valence-electron chi connectivity index (χ4n) is 4.51. The van der Waals surface area contributed by atoms with Gasteiger partial charge in [-0.3, -0.25) is 9.59 Å². The third-order valence-electron chi connectivity index (χ3n) is 5.96. The number of nitrogens with zero attached hydrogens (tertiary/aromatic N) is 2. The van der Waals surface area contributed by atoms with Crippen LogP contribution in [0, 0.1) is 11.8 Å². The molecular formula is C21H32ClN3O3. The smallest absolute Gasteiger partial charge is 0.228 e. The molecule has 1 aromatic rings. The molecule has 0 aromatic heterocycles. The normalized spacial score (nSPS) is 25.2. The summed E-state index contributed by atoms with van der Waals surface area (Å²) >= 11 is 0. The number of hydrogen-bond donors (Lipinski definition) is 1. The van der Waals surface area contributed by atoms with Crippen LogP contribution in [0.4, 0.5) is 0 Å². The maximum Gasteiger partial charge on any atom is 0.228 e. The Kier molecular flexibility index (Phi) is 8.13. The molecule has 2 aliphatic rings. The molecule has 0 aliphatic carbocycles. The van der Waals surface area contributed by atoms with Crippen molar-refractivity contribution in [2.45, 2.75) is 31.7 Å². The van der Waals surface area contributed by atoms with Crippen molar-refractivity contribution in [3.63, 3.8) is 0 Å². The molecule has 0 bridgehead atoms. The highest BCUT2D eigenvalue weighted by atomic mass is 35.5. The predicted octanol–water partition coefficient (Wildman–Crippen LogP) is 2.48. The molecule has 1 aromatic carbocycles. The number of carbonyl (C=O) groups is 2. The van der Waals surface area contributed by atoms with Crippen LogP contribution in [-0.4, -0.2) is 62.5 Å². The number of benzene rings is 1. The second-order valence-corrected chi connectivity index (χ2v) is 7.72. The van der Waals surface area contributed by atoms with E-state index in [9.17, 15) is 9.59 Å². The fourth-order valence-corrected chi connectivity index (χ4v) is 4.51. The first-order valence-corrected chi connectivity index (χ1v) is 9.88. The highest BCUT2D eigenvalue weighted by Crippen LogP contribution is 2.38. The lowest BCUT2D eigenvalue weighted by Crippen LogP contribution is -2.50. The molecule has 3 rings (SSSR count). The number of nitrogens with one attached hydrogen (secondary N) is 1. The van der Waals surface area contributed by atoms with Crippen LogP contribution in [0.3, 0.4) is 0 Å². The molecule has 2 heterocycles. The SMILES string of the molecule is CNCC1CCCN(C(=O)C2CCC(=O)N(C)C2c2ccc(OC)cc2)C1.Cl. The number of ether oxygens (including phenoxy) is 1. The van der Waals surface area contributed by atoms with Crippen molar-refractivity contribution in [1.29, 1.82) is 0 Å². The lowest BCUT2D eigenvalue weighted by molar-refractivity contribution is -0.147. The molecule has 2 aliphatic heterocycles. The molecule has 28 heavy (non-hydrogen) atoms. The van der Waals surface area contributed by atoms with Gasteiger partial charge in [-0.1, -0.05) is 12.1 Å². The summed E-state index contributed by atoms with van der Waals surface area (Å²) in [6, 6.07) is 7.52. The number of likely N-dealkylation sites (tertiary alicyclic amines) is 2. The topological polar surface area (TPSA) is 61.9 Å². The van der Waals surface area contributed by atoms with E-state index in [4.69, 9.17) is 4.74 Å². The average Bonchev–Trinajstić information content (AvgIpc) is 2.70. The molecule has 2 amide bonds. The molecular weight excluding hydrogens is 378 g/mol. The van der Waals surface area contributed by atoms with E-state index in [1.54, 1.807) is 12.0 Å². The quantitative estimate of drug-likeness (QED) is 0.811. The van der Waals surface area contributed by atoms with Crippen molar-refractivity contribution >= 4 is 24.2 Å². The molecule has 0 spiro atoms. The third-order valence-corrected chi connectivity index (χ3v) is 5.96. The molecule has 0 saturated carbocycles. The Morgan fingerprint density at radius 2 is 1.96 bits per heavy atom. The van der Waals surface area contributed by atoms with E-state index in [1.807, 2.05) is 43.3 Å². The van der Waals surface area contributed by atoms with Crippen LogP contribution in [0.1, 0.15) is 37.3 Å². The predicted molar refractivity (Wildman–Crippen MR) is 112 cm³/mol. The van der Waals surface area contributed by atoms with E-state index in [0.717, 1.165) is 43.8 Å². The molecule has 3 unspecified atom stereocenters. The highest BCUT2D eigenvalue weighted by Gasteiger charge is 2.41. The summed E-state index contributed by atoms with van der Waals surface area (Å²) in [5.41, 5.74) is 0.994. The molecule has 2 saturated heterocycles. The van der Waals surface area contributed by atoms with Crippen molar-refractivity contribution in [3.8, 4) is 5.75 Å². The van der Waals surface area contributed by atoms with Gasteiger partial charge in [-0.2, -0.15) is 0 Å². The summed E-state index contributed by atoms with van der Waals surface area (Å²) < 4.78 is 5.25. The molecule has 7 heteroatoms. The molecule has 1 N–H and O–H groups in total. The fraction of sp³-hybridized carbons (Fsp3) is 0.619. The minimum atomic E-state index is -0.214. The Balaban J connectivity index is 0.00000280. The van der Waals surface area contributed by atoms with Crippen molar-refractivity contribution < 1.29 is 14.3 Å². The second-order valence-electron chi connectivity index (χ2n) is 7.72. The standard InChI is InChI=1S/C21H31N3O3.ClH/c1-22-13-15-5-4-12-24(14-15)21(26)18-10-11-19(25)23(2)20(18)16-6-8-17(27-3)9-7-16;/h6-9,15,18,20,22H,4-5,10-14H2,1-3H3;1H. The molecule has 156 valence electrons. The van der Waals surface area contributed by atoms with Crippen LogP contribution >= 0.6 is 12.4 Å². The monoisotopic (exact) mass is 409 g/mol. The first kappa shape index (κ1) is 22.5. The van der Waals surface area contributed by atoms with E-state index < -0.39 is 0 Å². The van der Waals surface area contributed by atoms with Crippen LogP contribution in [-0.2, 0) is 9.59 Å². The first-order chi connectivity index (χ1) is 13.0. The van der Waals surface area contributed by atoms with Crippen molar-refractivity contribution in [3.05, 3.63) is 29.8 Å². The molecule has 6 nitrogen and oxygen atoms in total. The van der Waals surface area contributed by atoms with E-state index in [2.05, 4.69) is 5.32 Å². The average molecular weight is 410 g/mol. The van der Waals surface area contributed by atoms with Crippen LogP contribution < -0.4 is 10.1 Å². The van der Waals surface area contributed by atoms with Crippen LogP contribution in [0.2, 0.25) is 0 Å². The number of methoxy groups -OCH3 is 1. The minimum absolute atomic E-state index is 0. The van der Waals surface area contributed by atoms with Crippen molar-refractivity contribution in [1.82, 2.24) is 15.1 Å². The summed E-state index contributed by atoms with van der Waals surface area (Å²) in [6.45, 7) is 2.57. The summed E-state index contributed by atoms with van der Waals surface area (Å²) in [5.74, 6) is 1.39. The Morgan fingerprint density at radius 3 is 2.61 bits per heavy atom. The molecule has 3 atom stereocenters. The van der Waals surface area contributed by atoms with Crippen LogP contribution in [0.25, 0.3) is 0 Å². The summed E-state index contributed by atoms with van der Waals surface area (Å²) in [6.07, 6.45) is 3.27. The zero-order chi connectivity index (χ0) is 19.4. The van der Waals surface area contributed by atoms with Crippen LogP contribution in [0.5, 0.6) is 5.75 Å². The van der Waals surface area contributed by atoms with E-state index in [1.165, 1.54) is 0 Å². The van der Waals surface area contributed by atoms with Gasteiger partial charge in [0.1, 0.15) is 5.75 Å². The van der Waals surface area contributed by atoms with Gasteiger partial charge in [0.05, 0.1) is 19.1 Å². The first-order valence-electron chi connectivity index (χ1n) is 9.88. The van der Waals surface area contributed by atoms with Gasteiger partial charge in [0, 0.05) is 26.6 Å². The van der Waals surface area contributed by atoms with Gasteiger partial charge in [0.2, 0.25) is 11.8 Å². The third kappa shape index (κ3) is 4.78. The van der Waals surface area contributed by atoms with Gasteiger partial charge in [-0.25, -0.2) is 0 Å². The number of piperidine rings is 2. The zero-order valence-corrected chi connectivity index (χ0v) is 17.8. The summed E-state index contributed by atoms with van der Waals surface area (Å²) in [4.78, 5) is 29.5. The van der Waals surface area contributed by atoms with E-state index in [0.29, 0.717) is 18.8 Å². The maximum absolute atomic E-state index is 13.4. The Bertz CT molecular complexity index is 665. The summed E-state index contributed by atoms with van der Waals surface area (Å²) in [7, 11) is 5.41. The van der Waals surface area contributed by atoms with Crippen LogP contribution in [0.15, 0.2) is 24.3 Å². The van der Waals surface area contributed by atoms with Gasteiger partial charge in [-0.15, -0.1) is 12.4 Å². The maximum atomic E-state index is 13.4. The van der Waals surface area contributed by atoms with E-state index >= 15 is 0 Å². The minimum Gasteiger partial charge on any atom is -0.497 e. The van der Waals surface area contributed by atoms with Crippen molar-refractivity contribution in [2.24, 2.45) is 11.8 Å². The lowest BCUT2D eigenvalue weighted by Gasteiger charge is -2.42. The number of rotatable bonds is 5. The Hall–Kier alpha value is -1.79. The Labute approximate surface area is 174 Å². The highest BCUT2D eigenvalue weighted by molar-refractivity contribution is 5.85. The Morgan fingerprint density at radius 1 is 1.25 bits per heavy atom. The molecule has 2 fully saturated rings. The van der Waals surface area contributed by atoms with Gasteiger partial charge in [0.25, 0.3) is 0 Å². The zero-order valence-electron chi connectivity index (χ0n) is 17.0. The largest absolute Gasteiger partial charge is 0.497 e. The number of hydrogen-bond acceptors (Lipinski definition) is 4. The lowest BCUT2D eigenvalue weighted by atomic mass is 9.83. The van der Waals surface area contributed by atoms with E-state index in [-0.39, 0.29) is 36.2 Å². The second kappa shape index (κ2) is 10.1. The number of carbonyl (C=O) groups excluding carboxylic acids is 2. The van der Waals surface area contributed by atoms with Crippen molar-refractivity contribution in [2.75, 3.05) is 40.8 Å². The van der Waals surface area contributed by atoms with Gasteiger partial charge < -0.3 is 19.9 Å².